The van der Waals surface area contributed by atoms with Gasteiger partial charge in [0.25, 0.3) is 0 Å². The molecule has 1 aliphatic rings. The number of allylic oxidation sites excluding steroid dienone is 3. The summed E-state index contributed by atoms with van der Waals surface area (Å²) in [7, 11) is 0. The summed E-state index contributed by atoms with van der Waals surface area (Å²) in [5.41, 5.74) is -0.792. The van der Waals surface area contributed by atoms with Crippen LogP contribution in [-0.2, 0) is 9.59 Å². The molecule has 0 saturated heterocycles. The zero-order chi connectivity index (χ0) is 14.8. The highest BCUT2D eigenvalue weighted by atomic mass is 16.2. The summed E-state index contributed by atoms with van der Waals surface area (Å²) < 4.78 is 0. The monoisotopic (exact) mass is 276 g/mol. The first-order valence-corrected chi connectivity index (χ1v) is 8.00. The van der Waals surface area contributed by atoms with Gasteiger partial charge < -0.3 is 0 Å². The molecule has 2 nitrogen and oxygen atoms in total. The topological polar surface area (TPSA) is 34.1 Å². The molecule has 0 aromatic heterocycles. The Hall–Kier alpha value is -1.18. The molecule has 1 aliphatic carbocycles. The van der Waals surface area contributed by atoms with Gasteiger partial charge in [0.05, 0.1) is 5.41 Å². The molecule has 2 heteroatoms. The molecule has 1 saturated carbocycles. The van der Waals surface area contributed by atoms with Crippen molar-refractivity contribution in [3.05, 3.63) is 24.8 Å². The first kappa shape index (κ1) is 16.9. The summed E-state index contributed by atoms with van der Waals surface area (Å²) in [6, 6.07) is 0. The number of Topliss-reactive ketones (excluding diaryl/α,β-unsaturated/α-hetero) is 2. The first-order chi connectivity index (χ1) is 9.67. The molecule has 0 spiro atoms. The molecular formula is C18H28O2. The summed E-state index contributed by atoms with van der Waals surface area (Å²) in [6.07, 6.45) is 14.8. The van der Waals surface area contributed by atoms with E-state index in [9.17, 15) is 9.59 Å². The zero-order valence-corrected chi connectivity index (χ0v) is 12.8. The molecule has 0 bridgehead atoms. The van der Waals surface area contributed by atoms with Crippen molar-refractivity contribution in [1.29, 1.82) is 0 Å². The van der Waals surface area contributed by atoms with Gasteiger partial charge in [0.15, 0.2) is 0 Å². The van der Waals surface area contributed by atoms with E-state index in [0.29, 0.717) is 25.7 Å². The van der Waals surface area contributed by atoms with E-state index < -0.39 is 5.41 Å². The molecule has 0 aromatic carbocycles. The average Bonchev–Trinajstić information content (AvgIpc) is 2.43. The fraction of sp³-hybridized carbons (Fsp3) is 0.667. The maximum Gasteiger partial charge on any atom is 0.147 e. The van der Waals surface area contributed by atoms with Crippen LogP contribution in [0.5, 0.6) is 0 Å². The molecule has 0 unspecified atom stereocenters. The van der Waals surface area contributed by atoms with Crippen molar-refractivity contribution in [3.8, 4) is 0 Å². The second kappa shape index (κ2) is 8.89. The normalized spacial score (nSPS) is 18.6. The SMILES string of the molecule is C=CCC1(CC=CCCCCCC)C(=O)CCCC1=O. The van der Waals surface area contributed by atoms with E-state index in [1.54, 1.807) is 6.08 Å². The molecule has 0 aromatic rings. The number of carbonyl (C=O) groups is 2. The predicted molar refractivity (Wildman–Crippen MR) is 83.6 cm³/mol. The van der Waals surface area contributed by atoms with Crippen LogP contribution >= 0.6 is 0 Å². The Morgan fingerprint density at radius 1 is 1.05 bits per heavy atom. The van der Waals surface area contributed by atoms with Crippen LogP contribution in [0, 0.1) is 5.41 Å². The standard InChI is InChI=1S/C18H28O2/c1-3-5-6-7-8-9-10-15-18(14-4-2)16(19)12-11-13-17(18)20/h4,9-10H,2-3,5-8,11-15H2,1H3. The Labute approximate surface area is 123 Å². The minimum Gasteiger partial charge on any atom is -0.299 e. The van der Waals surface area contributed by atoms with Crippen molar-refractivity contribution >= 4 is 11.6 Å². The number of ketones is 2. The molecule has 0 aliphatic heterocycles. The summed E-state index contributed by atoms with van der Waals surface area (Å²) in [6.45, 7) is 5.92. The molecule has 112 valence electrons. The maximum absolute atomic E-state index is 12.2. The van der Waals surface area contributed by atoms with Crippen LogP contribution in [0.15, 0.2) is 24.8 Å². The van der Waals surface area contributed by atoms with Gasteiger partial charge in [0, 0.05) is 12.8 Å². The fourth-order valence-corrected chi connectivity index (χ4v) is 2.92. The lowest BCUT2D eigenvalue weighted by Crippen LogP contribution is -2.41. The number of rotatable bonds is 9. The third-order valence-corrected chi connectivity index (χ3v) is 4.23. The zero-order valence-electron chi connectivity index (χ0n) is 12.8. The maximum atomic E-state index is 12.2. The van der Waals surface area contributed by atoms with Crippen molar-refractivity contribution in [3.63, 3.8) is 0 Å². The summed E-state index contributed by atoms with van der Waals surface area (Å²) in [4.78, 5) is 24.4. The molecule has 0 radical (unpaired) electrons. The second-order valence-corrected chi connectivity index (χ2v) is 5.80. The van der Waals surface area contributed by atoms with E-state index in [0.717, 1.165) is 12.8 Å². The number of carbonyl (C=O) groups excluding carboxylic acids is 2. The number of unbranched alkanes of at least 4 members (excludes halogenated alkanes) is 4. The Morgan fingerprint density at radius 3 is 2.35 bits per heavy atom. The molecule has 0 atom stereocenters. The predicted octanol–water partition coefficient (Wildman–Crippen LogP) is 4.79. The molecule has 0 amide bonds. The third-order valence-electron chi connectivity index (χ3n) is 4.23. The highest BCUT2D eigenvalue weighted by molar-refractivity contribution is 6.09. The number of hydrogen-bond acceptors (Lipinski definition) is 2. The van der Waals surface area contributed by atoms with E-state index in [1.807, 2.05) is 6.08 Å². The fourth-order valence-electron chi connectivity index (χ4n) is 2.92. The molecule has 1 rings (SSSR count). The van der Waals surface area contributed by atoms with Crippen LogP contribution in [0.25, 0.3) is 0 Å². The van der Waals surface area contributed by atoms with Gasteiger partial charge in [-0.05, 0) is 32.1 Å². The molecule has 0 heterocycles. The van der Waals surface area contributed by atoms with Gasteiger partial charge in [0.1, 0.15) is 11.6 Å². The number of hydrogen-bond donors (Lipinski definition) is 0. The van der Waals surface area contributed by atoms with Crippen molar-refractivity contribution in [2.75, 3.05) is 0 Å². The van der Waals surface area contributed by atoms with Crippen LogP contribution in [0.2, 0.25) is 0 Å². The highest BCUT2D eigenvalue weighted by Crippen LogP contribution is 2.37. The Morgan fingerprint density at radius 2 is 1.75 bits per heavy atom. The van der Waals surface area contributed by atoms with Crippen molar-refractivity contribution in [2.24, 2.45) is 5.41 Å². The van der Waals surface area contributed by atoms with Gasteiger partial charge in [-0.2, -0.15) is 0 Å². The van der Waals surface area contributed by atoms with Gasteiger partial charge in [0.2, 0.25) is 0 Å². The molecule has 0 N–H and O–H groups in total. The van der Waals surface area contributed by atoms with Gasteiger partial charge in [-0.25, -0.2) is 0 Å². The lowest BCUT2D eigenvalue weighted by Gasteiger charge is -2.32. The van der Waals surface area contributed by atoms with Gasteiger partial charge in [-0.15, -0.1) is 6.58 Å². The highest BCUT2D eigenvalue weighted by Gasteiger charge is 2.44. The largest absolute Gasteiger partial charge is 0.299 e. The minimum absolute atomic E-state index is 0.115. The van der Waals surface area contributed by atoms with Crippen molar-refractivity contribution < 1.29 is 9.59 Å². The van der Waals surface area contributed by atoms with Crippen LogP contribution in [0.1, 0.15) is 71.1 Å². The van der Waals surface area contributed by atoms with E-state index in [1.165, 1.54) is 25.7 Å². The molecule has 1 fully saturated rings. The smallest absolute Gasteiger partial charge is 0.147 e. The van der Waals surface area contributed by atoms with Gasteiger partial charge >= 0.3 is 0 Å². The lowest BCUT2D eigenvalue weighted by atomic mass is 9.67. The van der Waals surface area contributed by atoms with Crippen LogP contribution in [0.3, 0.4) is 0 Å². The van der Waals surface area contributed by atoms with Crippen LogP contribution in [-0.4, -0.2) is 11.6 Å². The quantitative estimate of drug-likeness (QED) is 0.345. The second-order valence-electron chi connectivity index (χ2n) is 5.80. The Kier molecular flexibility index (Phi) is 7.50. The van der Waals surface area contributed by atoms with E-state index in [-0.39, 0.29) is 11.6 Å². The van der Waals surface area contributed by atoms with Crippen molar-refractivity contribution in [1.82, 2.24) is 0 Å². The van der Waals surface area contributed by atoms with E-state index in [2.05, 4.69) is 19.6 Å². The Bertz CT molecular complexity index is 350. The minimum atomic E-state index is -0.792. The Balaban J connectivity index is 2.54. The molecular weight excluding hydrogens is 248 g/mol. The summed E-state index contributed by atoms with van der Waals surface area (Å²) >= 11 is 0. The summed E-state index contributed by atoms with van der Waals surface area (Å²) in [5.74, 6) is 0.230. The first-order valence-electron chi connectivity index (χ1n) is 8.00. The van der Waals surface area contributed by atoms with E-state index >= 15 is 0 Å². The van der Waals surface area contributed by atoms with Crippen molar-refractivity contribution in [2.45, 2.75) is 71.1 Å². The lowest BCUT2D eigenvalue weighted by molar-refractivity contribution is -0.143. The third kappa shape index (κ3) is 4.43. The summed E-state index contributed by atoms with van der Waals surface area (Å²) in [5, 5.41) is 0. The van der Waals surface area contributed by atoms with Gasteiger partial charge in [-0.1, -0.05) is 44.4 Å². The van der Waals surface area contributed by atoms with E-state index in [4.69, 9.17) is 0 Å². The molecule has 20 heavy (non-hydrogen) atoms. The van der Waals surface area contributed by atoms with Gasteiger partial charge in [-0.3, -0.25) is 9.59 Å². The van der Waals surface area contributed by atoms with Crippen LogP contribution < -0.4 is 0 Å². The van der Waals surface area contributed by atoms with Crippen LogP contribution in [0.4, 0.5) is 0 Å². The average molecular weight is 276 g/mol.